The van der Waals surface area contributed by atoms with E-state index in [-0.39, 0.29) is 17.6 Å². The molecule has 0 aliphatic heterocycles. The number of esters is 1. The van der Waals surface area contributed by atoms with Crippen LogP contribution in [0.5, 0.6) is 0 Å². The van der Waals surface area contributed by atoms with Crippen molar-refractivity contribution in [3.05, 3.63) is 0 Å². The zero-order valence-electron chi connectivity index (χ0n) is 11.7. The van der Waals surface area contributed by atoms with Gasteiger partial charge in [-0.15, -0.1) is 0 Å². The molecule has 1 aliphatic rings. The molecule has 0 aromatic carbocycles. The van der Waals surface area contributed by atoms with E-state index in [1.807, 2.05) is 13.8 Å². The highest BCUT2D eigenvalue weighted by Gasteiger charge is 2.27. The van der Waals surface area contributed by atoms with Crippen LogP contribution < -0.4 is 5.73 Å². The fourth-order valence-corrected chi connectivity index (χ4v) is 2.27. The predicted molar refractivity (Wildman–Crippen MR) is 69.6 cm³/mol. The summed E-state index contributed by atoms with van der Waals surface area (Å²) in [6.45, 7) is 8.39. The van der Waals surface area contributed by atoms with Crippen LogP contribution in [0.25, 0.3) is 0 Å². The molecule has 0 saturated heterocycles. The molecule has 3 unspecified atom stereocenters. The fraction of sp³-hybridized carbons (Fsp3) is 0.929. The van der Waals surface area contributed by atoms with Crippen molar-refractivity contribution < 1.29 is 9.53 Å². The van der Waals surface area contributed by atoms with Gasteiger partial charge in [0.05, 0.1) is 0 Å². The summed E-state index contributed by atoms with van der Waals surface area (Å²) in [7, 11) is 0. The molecule has 2 N–H and O–H groups in total. The zero-order chi connectivity index (χ0) is 13.1. The monoisotopic (exact) mass is 241 g/mol. The van der Waals surface area contributed by atoms with Gasteiger partial charge in [0, 0.05) is 12.0 Å². The Morgan fingerprint density at radius 3 is 2.47 bits per heavy atom. The van der Waals surface area contributed by atoms with E-state index in [1.54, 1.807) is 0 Å². The normalized spacial score (nSPS) is 30.1. The number of ether oxygens (including phenoxy) is 1. The molecule has 1 aliphatic carbocycles. The molecule has 0 amide bonds. The summed E-state index contributed by atoms with van der Waals surface area (Å²) in [6, 6.07) is 0. The van der Waals surface area contributed by atoms with Gasteiger partial charge in [-0.1, -0.05) is 13.8 Å². The first-order valence-corrected chi connectivity index (χ1v) is 6.76. The molecule has 0 heterocycles. The lowest BCUT2D eigenvalue weighted by atomic mass is 9.80. The summed E-state index contributed by atoms with van der Waals surface area (Å²) in [6.07, 6.45) is 4.45. The third-order valence-electron chi connectivity index (χ3n) is 3.82. The summed E-state index contributed by atoms with van der Waals surface area (Å²) in [5, 5.41) is 0. The largest absolute Gasteiger partial charge is 0.462 e. The van der Waals surface area contributed by atoms with Crippen molar-refractivity contribution in [2.75, 3.05) is 0 Å². The molecule has 0 radical (unpaired) electrons. The van der Waals surface area contributed by atoms with E-state index in [0.29, 0.717) is 18.8 Å². The van der Waals surface area contributed by atoms with E-state index in [1.165, 1.54) is 6.42 Å². The Morgan fingerprint density at radius 2 is 1.94 bits per heavy atom. The molecule has 0 aromatic rings. The van der Waals surface area contributed by atoms with Crippen molar-refractivity contribution in [3.63, 3.8) is 0 Å². The Kier molecular flexibility index (Phi) is 4.99. The summed E-state index contributed by atoms with van der Waals surface area (Å²) in [4.78, 5) is 11.7. The number of carbonyl (C=O) groups is 1. The van der Waals surface area contributed by atoms with E-state index < -0.39 is 0 Å². The summed E-state index contributed by atoms with van der Waals surface area (Å²) < 4.78 is 5.51. The Labute approximate surface area is 105 Å². The minimum absolute atomic E-state index is 0.0877. The van der Waals surface area contributed by atoms with Crippen molar-refractivity contribution in [3.8, 4) is 0 Å². The number of hydrogen-bond acceptors (Lipinski definition) is 3. The second-order valence-corrected chi connectivity index (χ2v) is 6.37. The molecule has 3 nitrogen and oxygen atoms in total. The van der Waals surface area contributed by atoms with Gasteiger partial charge in [-0.05, 0) is 51.4 Å². The van der Waals surface area contributed by atoms with Gasteiger partial charge in [0.1, 0.15) is 6.10 Å². The standard InChI is InChI=1S/C14H27NO2/c1-10-5-6-12(9-11(10)2)17-13(16)7-8-14(3,4)15/h10-12H,5-9,15H2,1-4H3. The molecule has 1 saturated carbocycles. The highest BCUT2D eigenvalue weighted by atomic mass is 16.5. The second kappa shape index (κ2) is 5.85. The first kappa shape index (κ1) is 14.5. The molecule has 1 fully saturated rings. The van der Waals surface area contributed by atoms with Crippen molar-refractivity contribution >= 4 is 5.97 Å². The predicted octanol–water partition coefficient (Wildman–Crippen LogP) is 2.87. The van der Waals surface area contributed by atoms with Crippen LogP contribution in [0, 0.1) is 11.8 Å². The number of rotatable bonds is 4. The first-order chi connectivity index (χ1) is 7.78. The third kappa shape index (κ3) is 5.53. The molecule has 0 spiro atoms. The van der Waals surface area contributed by atoms with Crippen LogP contribution >= 0.6 is 0 Å². The number of carbonyl (C=O) groups excluding carboxylic acids is 1. The van der Waals surface area contributed by atoms with Crippen LogP contribution in [0.2, 0.25) is 0 Å². The van der Waals surface area contributed by atoms with E-state index in [4.69, 9.17) is 10.5 Å². The van der Waals surface area contributed by atoms with Gasteiger partial charge in [0.2, 0.25) is 0 Å². The lowest BCUT2D eigenvalue weighted by Gasteiger charge is -2.31. The summed E-state index contributed by atoms with van der Waals surface area (Å²) in [5.41, 5.74) is 5.57. The van der Waals surface area contributed by atoms with Crippen LogP contribution in [0.4, 0.5) is 0 Å². The Hall–Kier alpha value is -0.570. The molecule has 0 aromatic heterocycles. The number of nitrogens with two attached hydrogens (primary N) is 1. The lowest BCUT2D eigenvalue weighted by Crippen LogP contribution is -2.33. The average Bonchev–Trinajstić information content (AvgIpc) is 2.20. The maximum absolute atomic E-state index is 11.7. The molecule has 100 valence electrons. The average molecular weight is 241 g/mol. The Balaban J connectivity index is 2.27. The van der Waals surface area contributed by atoms with E-state index >= 15 is 0 Å². The molecular weight excluding hydrogens is 214 g/mol. The van der Waals surface area contributed by atoms with Gasteiger partial charge in [0.15, 0.2) is 0 Å². The quantitative estimate of drug-likeness (QED) is 0.770. The van der Waals surface area contributed by atoms with Gasteiger partial charge in [0.25, 0.3) is 0 Å². The van der Waals surface area contributed by atoms with Crippen LogP contribution in [0.1, 0.15) is 59.8 Å². The third-order valence-corrected chi connectivity index (χ3v) is 3.82. The lowest BCUT2D eigenvalue weighted by molar-refractivity contribution is -0.152. The number of hydrogen-bond donors (Lipinski definition) is 1. The zero-order valence-corrected chi connectivity index (χ0v) is 11.7. The topological polar surface area (TPSA) is 52.3 Å². The molecule has 3 atom stereocenters. The van der Waals surface area contributed by atoms with E-state index in [0.717, 1.165) is 18.8 Å². The van der Waals surface area contributed by atoms with E-state index in [9.17, 15) is 4.79 Å². The summed E-state index contributed by atoms with van der Waals surface area (Å²) >= 11 is 0. The van der Waals surface area contributed by atoms with Crippen LogP contribution in [-0.4, -0.2) is 17.6 Å². The van der Waals surface area contributed by atoms with Crippen LogP contribution in [0.3, 0.4) is 0 Å². The van der Waals surface area contributed by atoms with Gasteiger partial charge < -0.3 is 10.5 Å². The van der Waals surface area contributed by atoms with Crippen molar-refractivity contribution in [1.82, 2.24) is 0 Å². The maximum Gasteiger partial charge on any atom is 0.306 e. The van der Waals surface area contributed by atoms with E-state index in [2.05, 4.69) is 13.8 Å². The second-order valence-electron chi connectivity index (χ2n) is 6.37. The molecule has 3 heteroatoms. The van der Waals surface area contributed by atoms with Crippen LogP contribution in [-0.2, 0) is 9.53 Å². The summed E-state index contributed by atoms with van der Waals surface area (Å²) in [5.74, 6) is 1.33. The highest BCUT2D eigenvalue weighted by molar-refractivity contribution is 5.69. The first-order valence-electron chi connectivity index (χ1n) is 6.76. The maximum atomic E-state index is 11.7. The van der Waals surface area contributed by atoms with Crippen molar-refractivity contribution in [2.24, 2.45) is 17.6 Å². The molecule has 0 bridgehead atoms. The Morgan fingerprint density at radius 1 is 1.29 bits per heavy atom. The van der Waals surface area contributed by atoms with Crippen molar-refractivity contribution in [1.29, 1.82) is 0 Å². The molecule has 17 heavy (non-hydrogen) atoms. The van der Waals surface area contributed by atoms with Crippen molar-refractivity contribution in [2.45, 2.75) is 71.4 Å². The van der Waals surface area contributed by atoms with Gasteiger partial charge >= 0.3 is 5.97 Å². The van der Waals surface area contributed by atoms with Gasteiger partial charge in [-0.2, -0.15) is 0 Å². The molecule has 1 rings (SSSR count). The SMILES string of the molecule is CC1CCC(OC(=O)CCC(C)(C)N)CC1C. The van der Waals surface area contributed by atoms with Gasteiger partial charge in [-0.3, -0.25) is 4.79 Å². The fourth-order valence-electron chi connectivity index (χ4n) is 2.27. The minimum atomic E-state index is -0.284. The smallest absolute Gasteiger partial charge is 0.306 e. The molecular formula is C14H27NO2. The van der Waals surface area contributed by atoms with Crippen LogP contribution in [0.15, 0.2) is 0 Å². The van der Waals surface area contributed by atoms with Gasteiger partial charge in [-0.25, -0.2) is 0 Å². The minimum Gasteiger partial charge on any atom is -0.462 e. The Bertz CT molecular complexity index is 257. The highest BCUT2D eigenvalue weighted by Crippen LogP contribution is 2.31.